The van der Waals surface area contributed by atoms with E-state index in [0.717, 1.165) is 28.1 Å². The first-order valence-electron chi connectivity index (χ1n) is 7.44. The first kappa shape index (κ1) is 17.1. The molecule has 0 spiro atoms. The molecule has 0 atom stereocenters. The molecule has 0 amide bonds. The normalized spacial score (nSPS) is 13.9. The molecule has 0 unspecified atom stereocenters. The van der Waals surface area contributed by atoms with Gasteiger partial charge < -0.3 is 14.8 Å². The van der Waals surface area contributed by atoms with Gasteiger partial charge in [0.25, 0.3) is 0 Å². The predicted octanol–water partition coefficient (Wildman–Crippen LogP) is 3.36. The molecular weight excluding hydrogens is 350 g/mol. The van der Waals surface area contributed by atoms with Gasteiger partial charge >= 0.3 is 0 Å². The second kappa shape index (κ2) is 7.01. The van der Waals surface area contributed by atoms with E-state index in [1.54, 1.807) is 6.07 Å². The van der Waals surface area contributed by atoms with Gasteiger partial charge in [-0.1, -0.05) is 29.8 Å². The van der Waals surface area contributed by atoms with Crippen LogP contribution in [0.25, 0.3) is 0 Å². The number of halogens is 1. The number of ether oxygens (including phenoxy) is 2. The van der Waals surface area contributed by atoms with Crippen LogP contribution in [0.3, 0.4) is 0 Å². The average molecular weight is 368 g/mol. The van der Waals surface area contributed by atoms with Crippen LogP contribution in [0.15, 0.2) is 36.4 Å². The molecule has 0 fully saturated rings. The highest BCUT2D eigenvalue weighted by atomic mass is 35.5. The Morgan fingerprint density at radius 1 is 1.21 bits per heavy atom. The Kier molecular flexibility index (Phi) is 4.99. The highest BCUT2D eigenvalue weighted by molar-refractivity contribution is 7.89. The topological polar surface area (TPSA) is 64.6 Å². The number of rotatable bonds is 5. The van der Waals surface area contributed by atoms with Crippen molar-refractivity contribution in [2.24, 2.45) is 0 Å². The SMILES string of the molecule is CS(=O)(=O)Cc1ccccc1NCc1cc(Cl)cc2c1OCOC2. The van der Waals surface area contributed by atoms with Crippen LogP contribution in [-0.4, -0.2) is 21.5 Å². The molecule has 24 heavy (non-hydrogen) atoms. The van der Waals surface area contributed by atoms with E-state index in [1.165, 1.54) is 6.26 Å². The lowest BCUT2D eigenvalue weighted by Crippen LogP contribution is -2.14. The molecule has 0 aromatic heterocycles. The molecule has 2 aromatic carbocycles. The third kappa shape index (κ3) is 4.20. The Labute approximate surface area is 146 Å². The van der Waals surface area contributed by atoms with Gasteiger partial charge in [-0.25, -0.2) is 8.42 Å². The minimum absolute atomic E-state index is 0.00579. The molecule has 2 aromatic rings. The third-order valence-electron chi connectivity index (χ3n) is 3.66. The van der Waals surface area contributed by atoms with Crippen molar-refractivity contribution < 1.29 is 17.9 Å². The molecule has 5 nitrogen and oxygen atoms in total. The van der Waals surface area contributed by atoms with Crippen molar-refractivity contribution in [2.45, 2.75) is 18.9 Å². The maximum atomic E-state index is 11.6. The molecule has 0 bridgehead atoms. The van der Waals surface area contributed by atoms with Crippen molar-refractivity contribution in [2.75, 3.05) is 18.4 Å². The van der Waals surface area contributed by atoms with Crippen molar-refractivity contribution in [3.8, 4) is 5.75 Å². The Hall–Kier alpha value is -1.76. The van der Waals surface area contributed by atoms with Crippen molar-refractivity contribution in [3.05, 3.63) is 58.1 Å². The summed E-state index contributed by atoms with van der Waals surface area (Å²) in [5.74, 6) is 0.771. The number of benzene rings is 2. The van der Waals surface area contributed by atoms with E-state index in [9.17, 15) is 8.42 Å². The second-order valence-electron chi connectivity index (χ2n) is 5.74. The van der Waals surface area contributed by atoms with Gasteiger partial charge in [0, 0.05) is 34.6 Å². The molecule has 3 rings (SSSR count). The molecule has 0 saturated carbocycles. The Balaban J connectivity index is 1.83. The number of nitrogens with one attached hydrogen (secondary N) is 1. The molecule has 1 heterocycles. The number of hydrogen-bond acceptors (Lipinski definition) is 5. The van der Waals surface area contributed by atoms with Gasteiger partial charge in [-0.15, -0.1) is 0 Å². The van der Waals surface area contributed by atoms with Crippen LogP contribution < -0.4 is 10.1 Å². The lowest BCUT2D eigenvalue weighted by molar-refractivity contribution is -0.0169. The Morgan fingerprint density at radius 2 is 2.00 bits per heavy atom. The van der Waals surface area contributed by atoms with E-state index in [-0.39, 0.29) is 12.5 Å². The van der Waals surface area contributed by atoms with Crippen LogP contribution in [0.2, 0.25) is 5.02 Å². The van der Waals surface area contributed by atoms with Crippen LogP contribution in [-0.2, 0) is 33.5 Å². The van der Waals surface area contributed by atoms with Crippen LogP contribution in [0.5, 0.6) is 5.75 Å². The molecule has 1 aliphatic heterocycles. The van der Waals surface area contributed by atoms with E-state index < -0.39 is 9.84 Å². The molecule has 0 saturated heterocycles. The van der Waals surface area contributed by atoms with Gasteiger partial charge in [0.15, 0.2) is 16.6 Å². The van der Waals surface area contributed by atoms with E-state index in [2.05, 4.69) is 5.32 Å². The molecule has 1 N–H and O–H groups in total. The first-order chi connectivity index (χ1) is 11.4. The van der Waals surface area contributed by atoms with Gasteiger partial charge in [-0.3, -0.25) is 0 Å². The number of hydrogen-bond donors (Lipinski definition) is 1. The summed E-state index contributed by atoms with van der Waals surface area (Å²) in [6, 6.07) is 11.0. The van der Waals surface area contributed by atoms with E-state index in [1.807, 2.05) is 30.3 Å². The first-order valence-corrected chi connectivity index (χ1v) is 9.87. The summed E-state index contributed by atoms with van der Waals surface area (Å²) in [6.07, 6.45) is 1.23. The zero-order valence-electron chi connectivity index (χ0n) is 13.2. The summed E-state index contributed by atoms with van der Waals surface area (Å²) in [7, 11) is -3.11. The van der Waals surface area contributed by atoms with Crippen LogP contribution in [0, 0.1) is 0 Å². The second-order valence-corrected chi connectivity index (χ2v) is 8.32. The smallest absolute Gasteiger partial charge is 0.189 e. The van der Waals surface area contributed by atoms with Crippen molar-refractivity contribution in [1.82, 2.24) is 0 Å². The summed E-state index contributed by atoms with van der Waals surface area (Å²) < 4.78 is 34.0. The molecular formula is C17H18ClNO4S. The summed E-state index contributed by atoms with van der Waals surface area (Å²) in [5.41, 5.74) is 3.34. The fourth-order valence-electron chi connectivity index (χ4n) is 2.68. The lowest BCUT2D eigenvalue weighted by Gasteiger charge is -2.22. The maximum Gasteiger partial charge on any atom is 0.189 e. The Morgan fingerprint density at radius 3 is 2.79 bits per heavy atom. The molecule has 7 heteroatoms. The maximum absolute atomic E-state index is 11.6. The lowest BCUT2D eigenvalue weighted by atomic mass is 10.1. The van der Waals surface area contributed by atoms with E-state index in [0.29, 0.717) is 18.2 Å². The van der Waals surface area contributed by atoms with Gasteiger partial charge in [-0.2, -0.15) is 0 Å². The zero-order valence-corrected chi connectivity index (χ0v) is 14.8. The van der Waals surface area contributed by atoms with Crippen LogP contribution >= 0.6 is 11.6 Å². The minimum Gasteiger partial charge on any atom is -0.467 e. The number of anilines is 1. The van der Waals surface area contributed by atoms with Crippen LogP contribution in [0.1, 0.15) is 16.7 Å². The van der Waals surface area contributed by atoms with Crippen LogP contribution in [0.4, 0.5) is 5.69 Å². The zero-order chi connectivity index (χ0) is 17.2. The van der Waals surface area contributed by atoms with E-state index in [4.69, 9.17) is 21.1 Å². The fraction of sp³-hybridized carbons (Fsp3) is 0.294. The minimum atomic E-state index is -3.11. The summed E-state index contributed by atoms with van der Waals surface area (Å²) in [4.78, 5) is 0. The summed E-state index contributed by atoms with van der Waals surface area (Å²) in [5, 5.41) is 3.90. The number of fused-ring (bicyclic) bond motifs is 1. The van der Waals surface area contributed by atoms with Gasteiger partial charge in [0.05, 0.1) is 12.4 Å². The summed E-state index contributed by atoms with van der Waals surface area (Å²) in [6.45, 7) is 1.16. The average Bonchev–Trinajstić information content (AvgIpc) is 2.52. The third-order valence-corrected chi connectivity index (χ3v) is 4.71. The van der Waals surface area contributed by atoms with Gasteiger partial charge in [-0.05, 0) is 23.8 Å². The van der Waals surface area contributed by atoms with Gasteiger partial charge in [0.2, 0.25) is 0 Å². The monoisotopic (exact) mass is 367 g/mol. The van der Waals surface area contributed by atoms with Crippen molar-refractivity contribution in [3.63, 3.8) is 0 Å². The number of para-hydroxylation sites is 1. The molecule has 1 aliphatic rings. The Bertz CT molecular complexity index is 852. The van der Waals surface area contributed by atoms with Crippen molar-refractivity contribution in [1.29, 1.82) is 0 Å². The molecule has 0 aliphatic carbocycles. The highest BCUT2D eigenvalue weighted by Crippen LogP contribution is 2.32. The standard InChI is InChI=1S/C17H18ClNO4S/c1-24(20,21)10-12-4-2-3-5-16(12)19-8-13-6-15(18)7-14-9-22-11-23-17(13)14/h2-7,19H,8-11H2,1H3. The van der Waals surface area contributed by atoms with Gasteiger partial charge in [0.1, 0.15) is 5.75 Å². The fourth-order valence-corrected chi connectivity index (χ4v) is 3.76. The molecule has 128 valence electrons. The van der Waals surface area contributed by atoms with Crippen molar-refractivity contribution >= 4 is 27.1 Å². The highest BCUT2D eigenvalue weighted by Gasteiger charge is 2.17. The summed E-state index contributed by atoms with van der Waals surface area (Å²) >= 11 is 6.16. The quantitative estimate of drug-likeness (QED) is 0.877. The number of sulfone groups is 1. The largest absolute Gasteiger partial charge is 0.467 e. The molecule has 0 radical (unpaired) electrons. The predicted molar refractivity (Wildman–Crippen MR) is 94.1 cm³/mol. The van der Waals surface area contributed by atoms with E-state index >= 15 is 0 Å².